The van der Waals surface area contributed by atoms with Crippen molar-refractivity contribution in [1.82, 2.24) is 10.2 Å². The van der Waals surface area contributed by atoms with Crippen LogP contribution in [-0.2, 0) is 16.0 Å². The fraction of sp³-hybridized carbons (Fsp3) is 0.529. The van der Waals surface area contributed by atoms with Crippen molar-refractivity contribution in [2.75, 3.05) is 26.7 Å². The van der Waals surface area contributed by atoms with Gasteiger partial charge in [-0.25, -0.2) is 4.39 Å². The number of nitrogens with one attached hydrogen (secondary N) is 1. The minimum Gasteiger partial charge on any atom is -0.494 e. The number of halogens is 1. The van der Waals surface area contributed by atoms with Crippen molar-refractivity contribution in [3.8, 4) is 5.75 Å². The Kier molecular flexibility index (Phi) is 5.23. The van der Waals surface area contributed by atoms with Crippen LogP contribution in [0.4, 0.5) is 4.39 Å². The first-order valence-corrected chi connectivity index (χ1v) is 7.72. The van der Waals surface area contributed by atoms with Crippen LogP contribution in [0.5, 0.6) is 5.75 Å². The van der Waals surface area contributed by atoms with E-state index in [9.17, 15) is 14.0 Å². The average Bonchev–Trinajstić information content (AvgIpc) is 2.91. The third-order valence-corrected chi connectivity index (χ3v) is 4.38. The SMILES string of the molecule is COc1ccc(CCNC(=O)C2(C)CCN(C(C)=O)C2)cc1F. The zero-order chi connectivity index (χ0) is 17.0. The first kappa shape index (κ1) is 17.2. The molecule has 2 rings (SSSR count). The van der Waals surface area contributed by atoms with E-state index in [4.69, 9.17) is 4.74 Å². The van der Waals surface area contributed by atoms with Gasteiger partial charge in [-0.1, -0.05) is 6.07 Å². The molecule has 0 saturated carbocycles. The topological polar surface area (TPSA) is 58.6 Å². The van der Waals surface area contributed by atoms with E-state index in [0.29, 0.717) is 32.5 Å². The maximum absolute atomic E-state index is 13.6. The lowest BCUT2D eigenvalue weighted by Crippen LogP contribution is -2.42. The number of rotatable bonds is 5. The minimum atomic E-state index is -0.545. The third-order valence-electron chi connectivity index (χ3n) is 4.38. The standard InChI is InChI=1S/C17H23FN2O3/c1-12(21)20-9-7-17(2,11-20)16(22)19-8-6-13-4-5-15(23-3)14(18)10-13/h4-5,10H,6-9,11H2,1-3H3,(H,19,22). The number of hydrogen-bond donors (Lipinski definition) is 1. The Morgan fingerprint density at radius 3 is 2.74 bits per heavy atom. The summed E-state index contributed by atoms with van der Waals surface area (Å²) in [5.41, 5.74) is 0.252. The number of carbonyl (C=O) groups excluding carboxylic acids is 2. The highest BCUT2D eigenvalue weighted by Crippen LogP contribution is 2.30. The highest BCUT2D eigenvalue weighted by Gasteiger charge is 2.40. The predicted molar refractivity (Wildman–Crippen MR) is 84.6 cm³/mol. The van der Waals surface area contributed by atoms with Crippen LogP contribution in [0.25, 0.3) is 0 Å². The molecule has 1 heterocycles. The van der Waals surface area contributed by atoms with E-state index in [1.165, 1.54) is 20.1 Å². The Balaban J connectivity index is 1.85. The lowest BCUT2D eigenvalue weighted by Gasteiger charge is -2.23. The molecule has 1 atom stereocenters. The van der Waals surface area contributed by atoms with Crippen LogP contribution in [0.3, 0.4) is 0 Å². The molecule has 0 spiro atoms. The Morgan fingerprint density at radius 1 is 1.43 bits per heavy atom. The van der Waals surface area contributed by atoms with E-state index in [2.05, 4.69) is 5.32 Å². The average molecular weight is 322 g/mol. The van der Waals surface area contributed by atoms with Crippen LogP contribution in [-0.4, -0.2) is 43.5 Å². The van der Waals surface area contributed by atoms with Gasteiger partial charge in [0.1, 0.15) is 0 Å². The summed E-state index contributed by atoms with van der Waals surface area (Å²) in [6.45, 7) is 4.88. The highest BCUT2D eigenvalue weighted by molar-refractivity contribution is 5.84. The molecule has 1 aliphatic heterocycles. The molecule has 1 unspecified atom stereocenters. The van der Waals surface area contributed by atoms with E-state index in [-0.39, 0.29) is 17.6 Å². The number of carbonyl (C=O) groups is 2. The van der Waals surface area contributed by atoms with Crippen molar-refractivity contribution >= 4 is 11.8 Å². The molecule has 6 heteroatoms. The van der Waals surface area contributed by atoms with Gasteiger partial charge in [-0.2, -0.15) is 0 Å². The van der Waals surface area contributed by atoms with E-state index < -0.39 is 11.2 Å². The van der Waals surface area contributed by atoms with Gasteiger partial charge in [0.2, 0.25) is 11.8 Å². The first-order chi connectivity index (χ1) is 10.9. The molecular formula is C17H23FN2O3. The molecule has 1 aliphatic rings. The predicted octanol–water partition coefficient (Wildman–Crippen LogP) is 1.75. The zero-order valence-electron chi connectivity index (χ0n) is 13.8. The number of benzene rings is 1. The van der Waals surface area contributed by atoms with Crippen molar-refractivity contribution in [1.29, 1.82) is 0 Å². The van der Waals surface area contributed by atoms with Crippen LogP contribution < -0.4 is 10.1 Å². The lowest BCUT2D eigenvalue weighted by molar-refractivity contribution is -0.131. The van der Waals surface area contributed by atoms with Crippen molar-refractivity contribution in [2.45, 2.75) is 26.7 Å². The van der Waals surface area contributed by atoms with Crippen LogP contribution in [0.1, 0.15) is 25.8 Å². The fourth-order valence-corrected chi connectivity index (χ4v) is 2.81. The van der Waals surface area contributed by atoms with E-state index in [1.54, 1.807) is 17.0 Å². The summed E-state index contributed by atoms with van der Waals surface area (Å²) in [5.74, 6) is -0.262. The van der Waals surface area contributed by atoms with Crippen molar-refractivity contribution < 1.29 is 18.7 Å². The summed E-state index contributed by atoms with van der Waals surface area (Å²) >= 11 is 0. The summed E-state index contributed by atoms with van der Waals surface area (Å²) in [5, 5.41) is 2.89. The van der Waals surface area contributed by atoms with Gasteiger partial charge in [-0.15, -0.1) is 0 Å². The second kappa shape index (κ2) is 6.98. The summed E-state index contributed by atoms with van der Waals surface area (Å²) < 4.78 is 18.5. The number of nitrogens with zero attached hydrogens (tertiary/aromatic N) is 1. The van der Waals surface area contributed by atoms with Gasteiger partial charge in [-0.3, -0.25) is 9.59 Å². The molecule has 2 amide bonds. The van der Waals surface area contributed by atoms with Gasteiger partial charge < -0.3 is 15.0 Å². The van der Waals surface area contributed by atoms with Crippen molar-refractivity contribution in [2.24, 2.45) is 5.41 Å². The zero-order valence-corrected chi connectivity index (χ0v) is 13.8. The largest absolute Gasteiger partial charge is 0.494 e. The fourth-order valence-electron chi connectivity index (χ4n) is 2.81. The van der Waals surface area contributed by atoms with Crippen LogP contribution >= 0.6 is 0 Å². The summed E-state index contributed by atoms with van der Waals surface area (Å²) in [7, 11) is 1.42. The van der Waals surface area contributed by atoms with Crippen molar-refractivity contribution in [3.05, 3.63) is 29.6 Å². The monoisotopic (exact) mass is 322 g/mol. The number of methoxy groups -OCH3 is 1. The van der Waals surface area contributed by atoms with E-state index in [1.807, 2.05) is 6.92 Å². The molecule has 0 aromatic heterocycles. The smallest absolute Gasteiger partial charge is 0.227 e. The molecule has 1 saturated heterocycles. The molecule has 0 radical (unpaired) electrons. The van der Waals surface area contributed by atoms with E-state index in [0.717, 1.165) is 5.56 Å². The molecule has 126 valence electrons. The number of hydrogen-bond acceptors (Lipinski definition) is 3. The molecule has 23 heavy (non-hydrogen) atoms. The molecule has 1 fully saturated rings. The molecule has 0 aliphatic carbocycles. The highest BCUT2D eigenvalue weighted by atomic mass is 19.1. The van der Waals surface area contributed by atoms with Gasteiger partial charge in [-0.05, 0) is 37.5 Å². The van der Waals surface area contributed by atoms with Gasteiger partial charge >= 0.3 is 0 Å². The molecular weight excluding hydrogens is 299 g/mol. The molecule has 5 nitrogen and oxygen atoms in total. The van der Waals surface area contributed by atoms with Crippen LogP contribution in [0.15, 0.2) is 18.2 Å². The minimum absolute atomic E-state index is 0.00441. The second-order valence-corrected chi connectivity index (χ2v) is 6.23. The van der Waals surface area contributed by atoms with Crippen LogP contribution in [0.2, 0.25) is 0 Å². The van der Waals surface area contributed by atoms with Gasteiger partial charge in [0.05, 0.1) is 12.5 Å². The van der Waals surface area contributed by atoms with Gasteiger partial charge in [0.15, 0.2) is 11.6 Å². The van der Waals surface area contributed by atoms with Gasteiger partial charge in [0.25, 0.3) is 0 Å². The molecule has 0 bridgehead atoms. The maximum Gasteiger partial charge on any atom is 0.227 e. The quantitative estimate of drug-likeness (QED) is 0.898. The van der Waals surface area contributed by atoms with Crippen molar-refractivity contribution in [3.63, 3.8) is 0 Å². The Morgan fingerprint density at radius 2 is 2.17 bits per heavy atom. The van der Waals surface area contributed by atoms with Gasteiger partial charge in [0, 0.05) is 26.6 Å². The summed E-state index contributed by atoms with van der Waals surface area (Å²) in [6, 6.07) is 4.78. The molecule has 1 aromatic rings. The number of likely N-dealkylation sites (tertiary alicyclic amines) is 1. The normalized spacial score (nSPS) is 20.4. The Hall–Kier alpha value is -2.11. The molecule has 1 aromatic carbocycles. The number of ether oxygens (including phenoxy) is 1. The Labute approximate surface area is 135 Å². The Bertz CT molecular complexity index is 606. The first-order valence-electron chi connectivity index (χ1n) is 7.72. The maximum atomic E-state index is 13.6. The third kappa shape index (κ3) is 4.00. The second-order valence-electron chi connectivity index (χ2n) is 6.23. The lowest BCUT2D eigenvalue weighted by atomic mass is 9.88. The number of amides is 2. The van der Waals surface area contributed by atoms with E-state index >= 15 is 0 Å². The molecule has 1 N–H and O–H groups in total. The summed E-state index contributed by atoms with van der Waals surface area (Å²) in [6.07, 6.45) is 1.20. The summed E-state index contributed by atoms with van der Waals surface area (Å²) in [4.78, 5) is 25.4. The van der Waals surface area contributed by atoms with Crippen LogP contribution in [0, 0.1) is 11.2 Å².